The zero-order valence-corrected chi connectivity index (χ0v) is 65.1. The molecule has 0 bridgehead atoms. The Balaban J connectivity index is 0.000000164. The molecule has 0 spiro atoms. The van der Waals surface area contributed by atoms with Crippen molar-refractivity contribution in [2.45, 2.75) is 219 Å². The zero-order chi connectivity index (χ0) is 80.2. The molecule has 6 aromatic carbocycles. The normalized spacial score (nSPS) is 29.5. The van der Waals surface area contributed by atoms with Crippen molar-refractivity contribution in [3.63, 3.8) is 0 Å². The minimum atomic E-state index is -3.85. The number of H-pyrrole nitrogens is 1. The Morgan fingerprint density at radius 2 is 0.800 bits per heavy atom. The molecule has 6 atom stereocenters. The molecule has 22 nitrogen and oxygen atoms in total. The van der Waals surface area contributed by atoms with Gasteiger partial charge < -0.3 is 29.6 Å². The summed E-state index contributed by atoms with van der Waals surface area (Å²) in [5, 5.41) is 19.5. The number of hydrogen-bond acceptors (Lipinski definition) is 16. The molecule has 0 radical (unpaired) electrons. The first kappa shape index (κ1) is 82.4. The Kier molecular flexibility index (Phi) is 23.3. The number of esters is 2. The molecule has 0 unspecified atom stereocenters. The molecule has 1 aromatic heterocycles. The van der Waals surface area contributed by atoms with Crippen molar-refractivity contribution in [2.24, 2.45) is 0 Å². The molecule has 13 rings (SSSR count). The van der Waals surface area contributed by atoms with Gasteiger partial charge in [-0.15, -0.1) is 5.10 Å². The number of sulfonamides is 3. The van der Waals surface area contributed by atoms with Gasteiger partial charge in [0.15, 0.2) is 0 Å². The summed E-state index contributed by atoms with van der Waals surface area (Å²) in [5.41, 5.74) is -5.76. The van der Waals surface area contributed by atoms with Crippen LogP contribution >= 0.6 is 0 Å². The molecule has 3 saturated heterocycles. The Hall–Kier alpha value is -8.59. The van der Waals surface area contributed by atoms with E-state index in [9.17, 15) is 54.3 Å². The number of benzene rings is 6. The molecular weight excluding hydrogens is 1500 g/mol. The maximum atomic E-state index is 15.8. The number of carbonyl (C=O) groups is 4. The molecule has 31 heteroatoms. The molecule has 3 aliphatic carbocycles. The van der Waals surface area contributed by atoms with E-state index < -0.39 is 143 Å². The van der Waals surface area contributed by atoms with Gasteiger partial charge in [-0.05, 0) is 172 Å². The summed E-state index contributed by atoms with van der Waals surface area (Å²) in [6, 6.07) is 31.3. The molecular formula is C79H91F6N7O15S3. The van der Waals surface area contributed by atoms with Gasteiger partial charge in [0, 0.05) is 96.1 Å². The Labute approximate surface area is 635 Å². The van der Waals surface area contributed by atoms with Gasteiger partial charge in [-0.25, -0.2) is 61.5 Å². The molecule has 110 heavy (non-hydrogen) atoms. The number of ether oxygens (including phenoxy) is 2. The summed E-state index contributed by atoms with van der Waals surface area (Å²) in [4.78, 5) is 60.2. The lowest BCUT2D eigenvalue weighted by Gasteiger charge is -2.53. The fourth-order valence-electron chi connectivity index (χ4n) is 17.8. The van der Waals surface area contributed by atoms with E-state index in [0.29, 0.717) is 55.2 Å². The highest BCUT2D eigenvalue weighted by Crippen LogP contribution is 2.57. The van der Waals surface area contributed by atoms with Gasteiger partial charge in [0.2, 0.25) is 47.8 Å². The second kappa shape index (κ2) is 31.2. The van der Waals surface area contributed by atoms with Crippen LogP contribution in [0.25, 0.3) is 0 Å². The second-order valence-corrected chi connectivity index (χ2v) is 37.4. The topological polar surface area (TPSA) is 302 Å². The van der Waals surface area contributed by atoms with Gasteiger partial charge in [-0.1, -0.05) is 91.0 Å². The van der Waals surface area contributed by atoms with Crippen molar-refractivity contribution in [1.82, 2.24) is 33.7 Å². The van der Waals surface area contributed by atoms with Crippen LogP contribution in [0, 0.1) is 34.9 Å². The van der Waals surface area contributed by atoms with E-state index in [1.54, 1.807) is 120 Å². The van der Waals surface area contributed by atoms with Gasteiger partial charge in [-0.3, -0.25) is 19.2 Å². The molecule has 6 aliphatic rings. The summed E-state index contributed by atoms with van der Waals surface area (Å²) in [5.74, 6) is -7.87. The highest BCUT2D eigenvalue weighted by atomic mass is 32.2. The van der Waals surface area contributed by atoms with Crippen LogP contribution in [0.3, 0.4) is 0 Å². The Morgan fingerprint density at radius 1 is 0.491 bits per heavy atom. The number of aliphatic hydroxyl groups is 1. The first-order chi connectivity index (χ1) is 51.6. The van der Waals surface area contributed by atoms with Crippen LogP contribution in [0.5, 0.6) is 0 Å². The van der Waals surface area contributed by atoms with Crippen LogP contribution in [-0.4, -0.2) is 126 Å². The molecule has 7 aromatic rings. The van der Waals surface area contributed by atoms with Crippen LogP contribution < -0.4 is 16.4 Å². The Bertz CT molecular complexity index is 5060. The number of aromatic nitrogens is 2. The van der Waals surface area contributed by atoms with Crippen molar-refractivity contribution in [3.05, 3.63) is 229 Å². The number of hydrogen-bond donors (Lipinski definition) is 4. The van der Waals surface area contributed by atoms with Crippen molar-refractivity contribution >= 4 is 53.8 Å². The van der Waals surface area contributed by atoms with Crippen LogP contribution in [-0.2, 0) is 94.6 Å². The van der Waals surface area contributed by atoms with Crippen LogP contribution in [0.2, 0.25) is 0 Å². The third-order valence-corrected chi connectivity index (χ3v) is 29.7. The number of aromatic amines is 1. The zero-order valence-electron chi connectivity index (χ0n) is 62.6. The lowest BCUT2D eigenvalue weighted by atomic mass is 9.54. The van der Waals surface area contributed by atoms with Gasteiger partial charge >= 0.3 is 17.7 Å². The maximum absolute atomic E-state index is 15.8. The number of amides is 2. The van der Waals surface area contributed by atoms with Crippen molar-refractivity contribution in [3.8, 4) is 0 Å². The predicted octanol–water partition coefficient (Wildman–Crippen LogP) is 11.8. The monoisotopic (exact) mass is 1590 g/mol. The summed E-state index contributed by atoms with van der Waals surface area (Å²) in [6.45, 7) is 12.0. The summed E-state index contributed by atoms with van der Waals surface area (Å²) >= 11 is 0. The average molecular weight is 1590 g/mol. The number of nitrogens with one attached hydrogen (secondary N) is 3. The lowest BCUT2D eigenvalue weighted by Crippen LogP contribution is -2.65. The van der Waals surface area contributed by atoms with E-state index in [1.807, 2.05) is 6.07 Å². The SMILES string of the molecule is CC(=O)NC1(C)CC(c2n[nH]c(=O)o2)(c2cc(F)c(CN3[C@@H](C)CC[C@H](c4ccccc4)S3(=O)=O)cc2F)C1.COC(=O)C1(c2cc(F)c(CN3[C@@H](C)CC[C@H](c4ccccc4)S3(=O)=O)cc2F)CC(C)(NC(C)=O)C1.COC(=O)C1(c2cc(F)c(CN3[C@@H](C)CC[C@H](c4ccccc4)S3(=O)=O)cc2F)CC(C)(O)C1. The van der Waals surface area contributed by atoms with Crippen LogP contribution in [0.15, 0.2) is 137 Å². The molecule has 3 saturated carbocycles. The van der Waals surface area contributed by atoms with Gasteiger partial charge in [0.05, 0.1) is 25.2 Å². The van der Waals surface area contributed by atoms with Gasteiger partial charge in [0.25, 0.3) is 0 Å². The van der Waals surface area contributed by atoms with E-state index in [1.165, 1.54) is 40.8 Å². The molecule has 6 fully saturated rings. The molecule has 4 N–H and O–H groups in total. The fraction of sp³-hybridized carbons (Fsp3) is 0.468. The highest BCUT2D eigenvalue weighted by Gasteiger charge is 2.62. The van der Waals surface area contributed by atoms with E-state index in [-0.39, 0.29) is 115 Å². The number of carbonyl (C=O) groups excluding carboxylic acids is 4. The quantitative estimate of drug-likeness (QED) is 0.0486. The van der Waals surface area contributed by atoms with E-state index in [2.05, 4.69) is 20.8 Å². The minimum absolute atomic E-state index is 0.0399. The largest absolute Gasteiger partial charge is 0.468 e. The third kappa shape index (κ3) is 16.0. The van der Waals surface area contributed by atoms with Gasteiger partial charge in [-0.2, -0.15) is 12.9 Å². The van der Waals surface area contributed by atoms with Crippen molar-refractivity contribution in [1.29, 1.82) is 0 Å². The second-order valence-electron chi connectivity index (χ2n) is 31.2. The van der Waals surface area contributed by atoms with Crippen molar-refractivity contribution < 1.29 is 89.8 Å². The predicted molar refractivity (Wildman–Crippen MR) is 394 cm³/mol. The van der Waals surface area contributed by atoms with Crippen LogP contribution in [0.1, 0.15) is 204 Å². The Morgan fingerprint density at radius 3 is 1.10 bits per heavy atom. The lowest BCUT2D eigenvalue weighted by molar-refractivity contribution is -0.166. The fourth-order valence-corrected chi connectivity index (χ4v) is 24.4. The maximum Gasteiger partial charge on any atom is 0.434 e. The molecule has 4 heterocycles. The molecule has 2 amide bonds. The number of rotatable bonds is 17. The van der Waals surface area contributed by atoms with Gasteiger partial charge in [0.1, 0.15) is 61.5 Å². The van der Waals surface area contributed by atoms with Crippen molar-refractivity contribution in [2.75, 3.05) is 14.2 Å². The summed E-state index contributed by atoms with van der Waals surface area (Å²) in [6.07, 6.45) is 3.16. The van der Waals surface area contributed by atoms with Crippen LogP contribution in [0.4, 0.5) is 26.3 Å². The van der Waals surface area contributed by atoms with E-state index in [0.717, 1.165) is 43.5 Å². The van der Waals surface area contributed by atoms with E-state index in [4.69, 9.17) is 13.9 Å². The molecule has 592 valence electrons. The van der Waals surface area contributed by atoms with E-state index >= 15 is 26.3 Å². The standard InChI is InChI=1S/C27H30F2N4O5S.C27H32F2N2O5S.C25H29F2NO5S/c1-16-9-10-23(18-7-5-4-6-8-18)39(36,37)33(16)13-19-11-22(29)20(12-21(19)28)27(24-31-32-25(35)38-24)14-26(3,15-27)30-17(2)34;1-17-10-11-24(19-8-6-5-7-9-19)37(34,35)31(17)14-20-12-23(29)21(13-22(20)28)27(25(33)36-4)15-26(3,16-27)30-18(2)32;1-16-9-10-22(17-7-5-4-6-8-17)34(31,32)28(16)13-18-11-21(27)19(12-20(18)26)25(23(29)33-3)14-24(2,30)15-25/h4-8,11-12,16,23H,9-10,13-15H2,1-3H3,(H,30,34)(H,32,35);5-9,12-13,17,24H,10-11,14-16H2,1-4H3,(H,30,32);4-8,11-12,16,22,30H,9-10,13-15H2,1-3H3/t16-,23+,26?,27?;17-,24+,26?,27?;16-,22+,24?,25?/m000/s1. The first-order valence-corrected chi connectivity index (χ1v) is 40.7. The average Bonchev–Trinajstić information content (AvgIpc) is 1.06. The third-order valence-electron chi connectivity index (χ3n) is 22.6. The smallest absolute Gasteiger partial charge is 0.434 e. The number of nitrogens with zero attached hydrogens (tertiary/aromatic N) is 4. The summed E-state index contributed by atoms with van der Waals surface area (Å²) < 4.78 is 192. The number of halogens is 6. The molecule has 3 aliphatic heterocycles. The summed E-state index contributed by atoms with van der Waals surface area (Å²) in [7, 11) is -9.19. The highest BCUT2D eigenvalue weighted by molar-refractivity contribution is 7.90. The number of methoxy groups -OCH3 is 2. The minimum Gasteiger partial charge on any atom is -0.468 e. The first-order valence-electron chi connectivity index (χ1n) is 36.2.